The van der Waals surface area contributed by atoms with E-state index >= 15 is 15.0 Å². The van der Waals surface area contributed by atoms with Crippen LogP contribution in [0.4, 0.5) is 0 Å². The van der Waals surface area contributed by atoms with E-state index in [4.69, 9.17) is 4.74 Å². The minimum atomic E-state index is -1.79. The molecular formula is C73H91NO8. The number of aldehydes is 1. The third-order valence-electron chi connectivity index (χ3n) is 27.2. The zero-order valence-corrected chi connectivity index (χ0v) is 48.9. The normalized spacial score (nSPS) is 45.6. The number of esters is 1. The van der Waals surface area contributed by atoms with Gasteiger partial charge < -0.3 is 40.4 Å². The van der Waals surface area contributed by atoms with Crippen LogP contribution in [0.1, 0.15) is 181 Å². The molecule has 1 heterocycles. The number of nitrogens with one attached hydrogen (secondary N) is 1. The average Bonchev–Trinajstić information content (AvgIpc) is 1.24. The molecule has 0 unspecified atom stereocenters. The van der Waals surface area contributed by atoms with Gasteiger partial charge in [0.25, 0.3) is 0 Å². The summed E-state index contributed by atoms with van der Waals surface area (Å²) in [5.74, 6) is 7.06. The highest BCUT2D eigenvalue weighted by molar-refractivity contribution is 5.86. The third-order valence-corrected chi connectivity index (χ3v) is 27.2. The van der Waals surface area contributed by atoms with Crippen molar-refractivity contribution in [3.63, 3.8) is 0 Å². The fourth-order valence-electron chi connectivity index (χ4n) is 23.9. The van der Waals surface area contributed by atoms with Crippen molar-refractivity contribution in [3.8, 4) is 11.8 Å². The van der Waals surface area contributed by atoms with E-state index < -0.39 is 68.4 Å². The van der Waals surface area contributed by atoms with E-state index in [9.17, 15) is 20.1 Å². The zero-order chi connectivity index (χ0) is 56.2. The lowest BCUT2D eigenvalue weighted by Crippen LogP contribution is -2.82. The summed E-state index contributed by atoms with van der Waals surface area (Å²) in [4.78, 5) is 29.7. The number of aliphatic hydroxyl groups excluding tert-OH is 2. The van der Waals surface area contributed by atoms with Gasteiger partial charge >= 0.3 is 5.97 Å². The second-order valence-corrected chi connectivity index (χ2v) is 30.5. The SMILES string of the molecule is CN[C@@H]1Cc2c(cccc2CO)C#C[C@]23CC[C@@H](Cc4cccc(c4)Cc4cccc(c4)CC[C@@H]4CC[C@]5(C4)C[C@]4(C=O)[C@H]6CC[C@]7(C2)[C@H]2C8=CC(=O)O[C@H]8[C@@H]1C[C@@H]2C[C@]7(O)[C@@]6(O)C[C@H]1C[C@@H]([C@@H](C)C2CCCC2)CC[C@@H]([C@H]5O)[C@@]14O)C3. The van der Waals surface area contributed by atoms with Gasteiger partial charge in [-0.2, -0.15) is 0 Å². The van der Waals surface area contributed by atoms with E-state index in [1.165, 1.54) is 47.9 Å². The number of fused-ring (bicyclic) bond motifs is 3. The molecule has 9 heteroatoms. The van der Waals surface area contributed by atoms with Gasteiger partial charge in [0.15, 0.2) is 0 Å². The number of ether oxygens (including phenoxy) is 1. The molecule has 0 saturated heterocycles. The van der Waals surface area contributed by atoms with Gasteiger partial charge in [0.05, 0.1) is 29.3 Å². The maximum absolute atomic E-state index is 15.5. The summed E-state index contributed by atoms with van der Waals surface area (Å²) in [6, 6.07) is 24.3. The maximum Gasteiger partial charge on any atom is 0.331 e. The fourth-order valence-corrected chi connectivity index (χ4v) is 23.9. The van der Waals surface area contributed by atoms with Crippen molar-refractivity contribution in [2.45, 2.75) is 209 Å². The van der Waals surface area contributed by atoms with E-state index in [-0.39, 0.29) is 48.7 Å². The quantitative estimate of drug-likeness (QED) is 0.0832. The van der Waals surface area contributed by atoms with Crippen LogP contribution in [-0.2, 0) is 46.6 Å². The standard InChI is InChI=1S/C73H91NO8/c1-44(51-12-3-4-13-51)53-18-19-60-66(78)68-26-21-46(37-68)17-16-45-8-5-9-47(28-45)29-48-10-6-11-49(30-48)31-50-20-24-67(36-50)25-22-52-14-7-15-54(40-75)57(52)34-61(74-2)58-33-55-38-72(80)69(41-67,64(55)59-35-63(77)82-65(58)59)27-23-62-70(42-68,43-76)73(60,81)56(32-53)39-71(62,72)79/h5-11,14-15,28,30,35,43-44,46,50-51,53,55-56,58,60-62,64-66,74-75,78-81H,3-4,12-13,16-21,23-24,26-27,29,31-34,36-42H2,1-2H3/t44-,46+,50-,53-,55+,56+,58+,60-,61+,62+,64+,65-,66+,67-,68-,69-,70-,71+,72+,73-/m0/s1. The van der Waals surface area contributed by atoms with Crippen LogP contribution in [0.2, 0.25) is 0 Å². The van der Waals surface area contributed by atoms with Gasteiger partial charge in [-0.15, -0.1) is 0 Å². The molecule has 15 bridgehead atoms. The van der Waals surface area contributed by atoms with Crippen molar-refractivity contribution in [2.24, 2.45) is 86.8 Å². The maximum atomic E-state index is 15.5. The van der Waals surface area contributed by atoms with Crippen LogP contribution in [0, 0.1) is 98.6 Å². The number of benzene rings is 3. The molecule has 9 fully saturated rings. The Morgan fingerprint density at radius 3 is 2.35 bits per heavy atom. The molecule has 17 rings (SSSR count). The summed E-state index contributed by atoms with van der Waals surface area (Å²) < 4.78 is 6.57. The van der Waals surface area contributed by atoms with Crippen LogP contribution in [0.25, 0.3) is 0 Å². The summed E-state index contributed by atoms with van der Waals surface area (Å²) in [6.45, 7) is 2.31. The van der Waals surface area contributed by atoms with E-state index in [2.05, 4.69) is 78.7 Å². The topological polar surface area (TPSA) is 157 Å². The first kappa shape index (κ1) is 54.5. The first-order chi connectivity index (χ1) is 39.6. The minimum Gasteiger partial charge on any atom is -0.454 e. The molecule has 1 aliphatic heterocycles. The van der Waals surface area contributed by atoms with Crippen LogP contribution in [0.3, 0.4) is 0 Å². The smallest absolute Gasteiger partial charge is 0.331 e. The van der Waals surface area contributed by atoms with E-state index in [0.29, 0.717) is 81.5 Å². The number of hydrogen-bond acceptors (Lipinski definition) is 9. The Morgan fingerprint density at radius 2 is 1.56 bits per heavy atom. The zero-order valence-electron chi connectivity index (χ0n) is 48.9. The predicted molar refractivity (Wildman–Crippen MR) is 315 cm³/mol. The van der Waals surface area contributed by atoms with Crippen LogP contribution in [0.15, 0.2) is 78.4 Å². The first-order valence-electron chi connectivity index (χ1n) is 32.9. The van der Waals surface area contributed by atoms with Crippen LogP contribution < -0.4 is 5.32 Å². The highest BCUT2D eigenvalue weighted by Gasteiger charge is 2.85. The lowest BCUT2D eigenvalue weighted by molar-refractivity contribution is -0.356. The van der Waals surface area contributed by atoms with Crippen molar-refractivity contribution in [1.29, 1.82) is 0 Å². The molecule has 0 radical (unpaired) electrons. The van der Waals surface area contributed by atoms with Gasteiger partial charge in [0.1, 0.15) is 18.0 Å². The molecule has 0 aromatic heterocycles. The lowest BCUT2D eigenvalue weighted by atomic mass is 9.33. The Hall–Kier alpha value is -4.14. The number of aliphatic hydroxyl groups is 5. The second-order valence-electron chi connectivity index (χ2n) is 30.5. The molecule has 436 valence electrons. The Labute approximate surface area is 487 Å². The summed E-state index contributed by atoms with van der Waals surface area (Å²) in [7, 11) is 1.98. The molecule has 6 N–H and O–H groups in total. The number of rotatable bonds is 5. The Balaban J connectivity index is 0.949. The van der Waals surface area contributed by atoms with E-state index in [1.807, 2.05) is 19.2 Å². The number of carbonyl (C=O) groups is 2. The molecule has 20 atom stereocenters. The highest BCUT2D eigenvalue weighted by Crippen LogP contribution is 2.80. The molecule has 13 aliphatic carbocycles. The molecular weight excluding hydrogens is 1020 g/mol. The Kier molecular flexibility index (Phi) is 13.1. The van der Waals surface area contributed by atoms with Gasteiger partial charge in [0, 0.05) is 46.3 Å². The fraction of sp³-hybridized carbons (Fsp3) is 0.671. The van der Waals surface area contributed by atoms with Crippen molar-refractivity contribution in [2.75, 3.05) is 7.05 Å². The molecule has 14 aliphatic rings. The van der Waals surface area contributed by atoms with Gasteiger partial charge in [-0.1, -0.05) is 105 Å². The van der Waals surface area contributed by atoms with Gasteiger partial charge in [-0.05, 0) is 240 Å². The molecule has 3 aromatic carbocycles. The molecule has 82 heavy (non-hydrogen) atoms. The van der Waals surface area contributed by atoms with Crippen molar-refractivity contribution in [3.05, 3.63) is 117 Å². The number of aryl methyl sites for hydroxylation is 1. The van der Waals surface area contributed by atoms with Gasteiger partial charge in [-0.3, -0.25) is 0 Å². The summed E-state index contributed by atoms with van der Waals surface area (Å²) in [6.07, 6.45) is 20.9. The van der Waals surface area contributed by atoms with Crippen molar-refractivity contribution < 1.29 is 39.9 Å². The first-order valence-corrected chi connectivity index (χ1v) is 32.9. The lowest BCUT2D eigenvalue weighted by Gasteiger charge is -2.74. The second kappa shape index (κ2) is 19.7. The van der Waals surface area contributed by atoms with Crippen molar-refractivity contribution >= 4 is 12.3 Å². The van der Waals surface area contributed by atoms with Crippen LogP contribution >= 0.6 is 0 Å². The Morgan fingerprint density at radius 1 is 0.793 bits per heavy atom. The largest absolute Gasteiger partial charge is 0.454 e. The molecule has 3 aromatic rings. The summed E-state index contributed by atoms with van der Waals surface area (Å²) in [5, 5.41) is 73.4. The van der Waals surface area contributed by atoms with Gasteiger partial charge in [-0.25, -0.2) is 4.79 Å². The average molecular weight is 1110 g/mol. The molecule has 9 saturated carbocycles. The summed E-state index contributed by atoms with van der Waals surface area (Å²) >= 11 is 0. The van der Waals surface area contributed by atoms with E-state index in [1.54, 1.807) is 6.08 Å². The summed E-state index contributed by atoms with van der Waals surface area (Å²) in [5.41, 5.74) is 0.265. The molecule has 9 nitrogen and oxygen atoms in total. The van der Waals surface area contributed by atoms with E-state index in [0.717, 1.165) is 99.2 Å². The van der Waals surface area contributed by atoms with Crippen molar-refractivity contribution in [1.82, 2.24) is 5.32 Å². The minimum absolute atomic E-state index is 0.117. The number of likely N-dealkylation sites (N-methyl/N-ethyl adjacent to an activating group) is 1. The Bertz CT molecular complexity index is 3130. The van der Waals surface area contributed by atoms with Crippen LogP contribution in [-0.4, -0.2) is 79.9 Å². The predicted octanol–water partition coefficient (Wildman–Crippen LogP) is 10.7. The van der Waals surface area contributed by atoms with Crippen LogP contribution in [0.5, 0.6) is 0 Å². The van der Waals surface area contributed by atoms with Gasteiger partial charge in [0.2, 0.25) is 0 Å². The monoisotopic (exact) mass is 1110 g/mol. The molecule has 0 amide bonds. The molecule has 3 spiro atoms. The third kappa shape index (κ3) is 7.84. The number of hydrogen-bond donors (Lipinski definition) is 6. The highest BCUT2D eigenvalue weighted by atomic mass is 16.5. The number of carbonyl (C=O) groups excluding carboxylic acids is 2.